The summed E-state index contributed by atoms with van der Waals surface area (Å²) in [6, 6.07) is 0. The zero-order valence-corrected chi connectivity index (χ0v) is 22.5. The van der Waals surface area contributed by atoms with E-state index in [2.05, 4.69) is 36.6 Å². The van der Waals surface area contributed by atoms with Crippen LogP contribution in [0.15, 0.2) is 9.06 Å². The van der Waals surface area contributed by atoms with Gasteiger partial charge in [-0.3, -0.25) is 0 Å². The molecule has 0 radical (unpaired) electrons. The van der Waals surface area contributed by atoms with Crippen LogP contribution in [0, 0.1) is 5.92 Å². The molecule has 0 spiro atoms. The normalized spacial score (nSPS) is 28.6. The van der Waals surface area contributed by atoms with Crippen molar-refractivity contribution in [3.8, 4) is 0 Å². The van der Waals surface area contributed by atoms with Crippen molar-refractivity contribution in [3.05, 3.63) is 9.06 Å². The molecule has 0 amide bonds. The average molecular weight is 532 g/mol. The molecule has 2 saturated heterocycles. The van der Waals surface area contributed by atoms with Gasteiger partial charge in [0.15, 0.2) is 0 Å². The SMILES string of the molecule is CCB1/C(=[C](/C[O][Sn]([CH3])([CH3])[CH3])[Sn]([CH3])([CH3])[CH3])C2CCCC1CCC2. The maximum atomic E-state index is 6.56. The van der Waals surface area contributed by atoms with E-state index in [4.69, 9.17) is 3.07 Å². The van der Waals surface area contributed by atoms with E-state index in [9.17, 15) is 0 Å². The summed E-state index contributed by atoms with van der Waals surface area (Å²) in [7, 11) is 0. The monoisotopic (exact) mass is 534 g/mol. The molecule has 2 aliphatic heterocycles. The third kappa shape index (κ3) is 5.67. The van der Waals surface area contributed by atoms with Crippen molar-refractivity contribution in [2.45, 2.75) is 87.2 Å². The van der Waals surface area contributed by atoms with Crippen LogP contribution < -0.4 is 0 Å². The van der Waals surface area contributed by atoms with Crippen molar-refractivity contribution >= 4 is 43.9 Å². The van der Waals surface area contributed by atoms with Gasteiger partial charge in [-0.25, -0.2) is 0 Å². The van der Waals surface area contributed by atoms with Gasteiger partial charge in [-0.1, -0.05) is 0 Å². The predicted octanol–water partition coefficient (Wildman–Crippen LogP) is 6.42. The average Bonchev–Trinajstić information content (AvgIpc) is 2.63. The first-order valence-corrected chi connectivity index (χ1v) is 29.7. The number of hydrogen-bond acceptors (Lipinski definition) is 1. The van der Waals surface area contributed by atoms with Gasteiger partial charge in [-0.2, -0.15) is 0 Å². The second-order valence-electron chi connectivity index (χ2n) is 9.92. The van der Waals surface area contributed by atoms with Gasteiger partial charge in [0, 0.05) is 0 Å². The van der Waals surface area contributed by atoms with E-state index in [0.29, 0.717) is 0 Å². The van der Waals surface area contributed by atoms with E-state index < -0.39 is 37.2 Å². The molecule has 0 aliphatic carbocycles. The maximum absolute atomic E-state index is 6.56. The van der Waals surface area contributed by atoms with Crippen molar-refractivity contribution in [3.63, 3.8) is 0 Å². The third-order valence-corrected chi connectivity index (χ3v) is 15.3. The molecule has 2 aliphatic rings. The quantitative estimate of drug-likeness (QED) is 0.372. The van der Waals surface area contributed by atoms with Crippen LogP contribution in [-0.2, 0) is 3.07 Å². The minimum absolute atomic E-state index is 0.884. The molecule has 4 heteroatoms. The van der Waals surface area contributed by atoms with Crippen LogP contribution in [0.3, 0.4) is 0 Å². The van der Waals surface area contributed by atoms with E-state index in [1.165, 1.54) is 44.8 Å². The Morgan fingerprint density at radius 3 is 2.00 bits per heavy atom. The molecule has 0 unspecified atom stereocenters. The molecule has 0 N–H and O–H groups in total. The number of fused-ring (bicyclic) bond motifs is 3. The molecular formula is C19H39BOSn2. The molecule has 0 aromatic rings. The summed E-state index contributed by atoms with van der Waals surface area (Å²) in [5.74, 6) is 1.88. The summed E-state index contributed by atoms with van der Waals surface area (Å²) in [4.78, 5) is 15.1. The van der Waals surface area contributed by atoms with Crippen molar-refractivity contribution < 1.29 is 3.07 Å². The van der Waals surface area contributed by atoms with E-state index in [0.717, 1.165) is 25.1 Å². The summed E-state index contributed by atoms with van der Waals surface area (Å²) in [6.45, 7) is 4.34. The van der Waals surface area contributed by atoms with Gasteiger partial charge >= 0.3 is 156 Å². The van der Waals surface area contributed by atoms with E-state index in [-0.39, 0.29) is 0 Å². The van der Waals surface area contributed by atoms with Gasteiger partial charge in [0.05, 0.1) is 0 Å². The molecule has 2 bridgehead atoms. The summed E-state index contributed by atoms with van der Waals surface area (Å²) >= 11 is -4.30. The molecule has 0 aromatic carbocycles. The Balaban J connectivity index is 2.46. The van der Waals surface area contributed by atoms with Gasteiger partial charge in [-0.15, -0.1) is 0 Å². The van der Waals surface area contributed by atoms with Crippen LogP contribution in [0.25, 0.3) is 0 Å². The van der Waals surface area contributed by atoms with Gasteiger partial charge in [0.1, 0.15) is 0 Å². The molecule has 2 rings (SSSR count). The van der Waals surface area contributed by atoms with Crippen LogP contribution in [0.2, 0.25) is 41.8 Å². The second kappa shape index (κ2) is 8.37. The Kier molecular flexibility index (Phi) is 7.52. The summed E-state index contributed by atoms with van der Waals surface area (Å²) in [6.07, 6.45) is 10.2. The molecule has 2 fully saturated rings. The van der Waals surface area contributed by atoms with Gasteiger partial charge in [0.25, 0.3) is 0 Å². The zero-order chi connectivity index (χ0) is 17.3. The van der Waals surface area contributed by atoms with Crippen molar-refractivity contribution in [2.24, 2.45) is 5.92 Å². The summed E-state index contributed by atoms with van der Waals surface area (Å²) in [5.41, 5.74) is 1.95. The van der Waals surface area contributed by atoms with Crippen LogP contribution in [0.4, 0.5) is 0 Å². The van der Waals surface area contributed by atoms with E-state index >= 15 is 0 Å². The first kappa shape index (κ1) is 20.7. The van der Waals surface area contributed by atoms with E-state index in [1.807, 2.05) is 9.06 Å². The number of rotatable bonds is 5. The summed E-state index contributed by atoms with van der Waals surface area (Å²) in [5, 5.41) is 0. The first-order valence-electron chi connectivity index (χ1n) is 10.0. The van der Waals surface area contributed by atoms with Crippen molar-refractivity contribution in [1.82, 2.24) is 0 Å². The van der Waals surface area contributed by atoms with Gasteiger partial charge in [-0.05, 0) is 0 Å². The minimum atomic E-state index is -2.17. The van der Waals surface area contributed by atoms with Gasteiger partial charge < -0.3 is 0 Å². The Labute approximate surface area is 154 Å². The van der Waals surface area contributed by atoms with E-state index in [1.54, 1.807) is 0 Å². The molecule has 0 atom stereocenters. The molecule has 2 heterocycles. The molecule has 0 saturated carbocycles. The molecule has 1 nitrogen and oxygen atoms in total. The topological polar surface area (TPSA) is 9.23 Å². The number of allylic oxidation sites excluding steroid dienone is 1. The Morgan fingerprint density at radius 1 is 1.00 bits per heavy atom. The van der Waals surface area contributed by atoms with Crippen molar-refractivity contribution in [2.75, 3.05) is 6.61 Å². The number of hydrogen-bond donors (Lipinski definition) is 0. The predicted molar refractivity (Wildman–Crippen MR) is 111 cm³/mol. The van der Waals surface area contributed by atoms with Crippen LogP contribution in [-0.4, -0.2) is 50.5 Å². The zero-order valence-electron chi connectivity index (χ0n) is 16.8. The Bertz CT molecular complexity index is 424. The second-order valence-corrected chi connectivity index (χ2v) is 37.4. The van der Waals surface area contributed by atoms with Crippen molar-refractivity contribution in [1.29, 1.82) is 0 Å². The third-order valence-electron chi connectivity index (χ3n) is 6.01. The van der Waals surface area contributed by atoms with Crippen LogP contribution >= 0.6 is 0 Å². The standard InChI is InChI=1S/C13H21BO.6CH3.2Sn/c1-2-14-12-7-3-5-11(6-4-8-12)13(14)9-10-15;;;;;;;;/h11-12H,2-8,10H2,1H3;6*1H3;;/q-1;;;;;;;;+1. The fourth-order valence-electron chi connectivity index (χ4n) is 4.86. The van der Waals surface area contributed by atoms with Crippen LogP contribution in [0.1, 0.15) is 45.4 Å². The van der Waals surface area contributed by atoms with Gasteiger partial charge in [0.2, 0.25) is 0 Å². The summed E-state index contributed by atoms with van der Waals surface area (Å²) < 4.78 is 8.44. The molecule has 0 aromatic heterocycles. The molecule has 23 heavy (non-hydrogen) atoms. The Hall–Kier alpha value is 1.36. The first-order chi connectivity index (χ1) is 10.6. The molecular weight excluding hydrogens is 492 g/mol. The Morgan fingerprint density at radius 2 is 1.57 bits per heavy atom. The fraction of sp³-hybridized carbons (Fsp3) is 0.895. The van der Waals surface area contributed by atoms with Crippen LogP contribution in [0.5, 0.6) is 0 Å². The molecule has 132 valence electrons. The fourth-order valence-corrected chi connectivity index (χ4v) is 12.7.